The summed E-state index contributed by atoms with van der Waals surface area (Å²) in [7, 11) is 0. The van der Waals surface area contributed by atoms with E-state index in [1.54, 1.807) is 0 Å². The third-order valence-corrected chi connectivity index (χ3v) is 3.15. The van der Waals surface area contributed by atoms with Crippen molar-refractivity contribution in [2.75, 3.05) is 24.5 Å². The molecular weight excluding hydrogens is 186 g/mol. The molecule has 1 saturated heterocycles. The number of hydrogen-bond donors (Lipinski definition) is 1. The maximum atomic E-state index is 5.68. The topological polar surface area (TPSA) is 42.1 Å². The molecule has 1 aliphatic heterocycles. The summed E-state index contributed by atoms with van der Waals surface area (Å²) in [5.41, 5.74) is 6.77. The summed E-state index contributed by atoms with van der Waals surface area (Å²) in [5.74, 6) is 1.83. The lowest BCUT2D eigenvalue weighted by Crippen LogP contribution is -2.36. The van der Waals surface area contributed by atoms with Gasteiger partial charge in [0.05, 0.1) is 0 Å². The number of aromatic nitrogens is 1. The molecule has 2 N–H and O–H groups in total. The number of hydrogen-bond acceptors (Lipinski definition) is 3. The summed E-state index contributed by atoms with van der Waals surface area (Å²) >= 11 is 0. The number of rotatable bonds is 2. The predicted octanol–water partition coefficient (Wildman–Crippen LogP) is 1.57. The minimum absolute atomic E-state index is 0.714. The number of pyridine rings is 1. The first kappa shape index (κ1) is 10.4. The normalized spacial score (nSPS) is 18.1. The molecule has 2 rings (SSSR count). The van der Waals surface area contributed by atoms with Crippen molar-refractivity contribution in [1.82, 2.24) is 4.98 Å². The van der Waals surface area contributed by atoms with Crippen LogP contribution in [0.5, 0.6) is 0 Å². The van der Waals surface area contributed by atoms with E-state index >= 15 is 0 Å². The fourth-order valence-corrected chi connectivity index (χ4v) is 2.10. The highest BCUT2D eigenvalue weighted by atomic mass is 15.2. The van der Waals surface area contributed by atoms with Gasteiger partial charge in [0, 0.05) is 18.8 Å². The van der Waals surface area contributed by atoms with Gasteiger partial charge in [-0.2, -0.15) is 0 Å². The molecule has 3 nitrogen and oxygen atoms in total. The van der Waals surface area contributed by atoms with Crippen LogP contribution in [0, 0.1) is 12.8 Å². The number of piperidine rings is 1. The average molecular weight is 205 g/mol. The molecule has 0 spiro atoms. The van der Waals surface area contributed by atoms with Gasteiger partial charge in [-0.15, -0.1) is 0 Å². The molecule has 1 aromatic rings. The summed E-state index contributed by atoms with van der Waals surface area (Å²) in [6, 6.07) is 6.21. The van der Waals surface area contributed by atoms with E-state index in [0.29, 0.717) is 5.92 Å². The summed E-state index contributed by atoms with van der Waals surface area (Å²) in [4.78, 5) is 6.90. The van der Waals surface area contributed by atoms with Crippen LogP contribution in [0.4, 0.5) is 5.82 Å². The first-order chi connectivity index (χ1) is 7.29. The highest BCUT2D eigenvalue weighted by Gasteiger charge is 2.18. The molecule has 0 radical (unpaired) electrons. The van der Waals surface area contributed by atoms with Gasteiger partial charge < -0.3 is 10.6 Å². The Kier molecular flexibility index (Phi) is 3.21. The minimum atomic E-state index is 0.714. The van der Waals surface area contributed by atoms with E-state index in [4.69, 9.17) is 5.73 Å². The predicted molar refractivity (Wildman–Crippen MR) is 63.0 cm³/mol. The molecule has 0 saturated carbocycles. The maximum absolute atomic E-state index is 5.68. The lowest BCUT2D eigenvalue weighted by atomic mass is 9.97. The molecule has 0 aromatic carbocycles. The van der Waals surface area contributed by atoms with E-state index in [1.165, 1.54) is 12.8 Å². The van der Waals surface area contributed by atoms with E-state index in [0.717, 1.165) is 31.1 Å². The van der Waals surface area contributed by atoms with E-state index in [-0.39, 0.29) is 0 Å². The van der Waals surface area contributed by atoms with Gasteiger partial charge in [-0.1, -0.05) is 6.07 Å². The van der Waals surface area contributed by atoms with Gasteiger partial charge in [0.15, 0.2) is 0 Å². The molecule has 2 heterocycles. The highest BCUT2D eigenvalue weighted by molar-refractivity contribution is 5.39. The quantitative estimate of drug-likeness (QED) is 0.796. The van der Waals surface area contributed by atoms with Crippen molar-refractivity contribution in [1.29, 1.82) is 0 Å². The Morgan fingerprint density at radius 1 is 1.40 bits per heavy atom. The molecule has 82 valence electrons. The first-order valence-corrected chi connectivity index (χ1v) is 5.68. The first-order valence-electron chi connectivity index (χ1n) is 5.68. The van der Waals surface area contributed by atoms with Gasteiger partial charge in [0.25, 0.3) is 0 Å². The second-order valence-electron chi connectivity index (χ2n) is 4.30. The molecule has 15 heavy (non-hydrogen) atoms. The maximum Gasteiger partial charge on any atom is 0.128 e. The fourth-order valence-electron chi connectivity index (χ4n) is 2.10. The Balaban J connectivity index is 2.01. The fraction of sp³-hybridized carbons (Fsp3) is 0.583. The van der Waals surface area contributed by atoms with Crippen LogP contribution < -0.4 is 10.6 Å². The summed E-state index contributed by atoms with van der Waals surface area (Å²) in [5, 5.41) is 0. The number of nitrogens with zero attached hydrogens (tertiary/aromatic N) is 2. The van der Waals surface area contributed by atoms with Crippen LogP contribution in [-0.2, 0) is 0 Å². The van der Waals surface area contributed by atoms with Crippen molar-refractivity contribution in [2.45, 2.75) is 19.8 Å². The summed E-state index contributed by atoms with van der Waals surface area (Å²) < 4.78 is 0. The summed E-state index contributed by atoms with van der Waals surface area (Å²) in [6.45, 7) is 5.06. The molecule has 0 aliphatic carbocycles. The lowest BCUT2D eigenvalue weighted by Gasteiger charge is -2.32. The van der Waals surface area contributed by atoms with Crippen molar-refractivity contribution < 1.29 is 0 Å². The van der Waals surface area contributed by atoms with Crippen LogP contribution in [0.2, 0.25) is 0 Å². The van der Waals surface area contributed by atoms with Gasteiger partial charge in [0.2, 0.25) is 0 Å². The smallest absolute Gasteiger partial charge is 0.128 e. The van der Waals surface area contributed by atoms with Gasteiger partial charge >= 0.3 is 0 Å². The largest absolute Gasteiger partial charge is 0.357 e. The van der Waals surface area contributed by atoms with E-state index in [9.17, 15) is 0 Å². The zero-order valence-electron chi connectivity index (χ0n) is 9.32. The Morgan fingerprint density at radius 2 is 2.13 bits per heavy atom. The third kappa shape index (κ3) is 2.48. The van der Waals surface area contributed by atoms with Crippen LogP contribution >= 0.6 is 0 Å². The van der Waals surface area contributed by atoms with Crippen molar-refractivity contribution >= 4 is 5.82 Å². The van der Waals surface area contributed by atoms with E-state index in [2.05, 4.69) is 22.0 Å². The Labute approximate surface area is 91.3 Å². The highest BCUT2D eigenvalue weighted by Crippen LogP contribution is 2.20. The molecule has 3 heteroatoms. The number of aryl methyl sites for hydroxylation is 1. The van der Waals surface area contributed by atoms with Crippen LogP contribution in [-0.4, -0.2) is 24.6 Å². The molecule has 1 aliphatic rings. The van der Waals surface area contributed by atoms with Crippen molar-refractivity contribution in [2.24, 2.45) is 11.7 Å². The van der Waals surface area contributed by atoms with Crippen molar-refractivity contribution in [3.05, 3.63) is 23.9 Å². The number of anilines is 1. The van der Waals surface area contributed by atoms with E-state index < -0.39 is 0 Å². The SMILES string of the molecule is Cc1cccc(N2CCC(CN)CC2)n1. The van der Waals surface area contributed by atoms with Gasteiger partial charge in [0.1, 0.15) is 5.82 Å². The zero-order chi connectivity index (χ0) is 10.7. The molecule has 0 amide bonds. The molecule has 0 unspecified atom stereocenters. The van der Waals surface area contributed by atoms with Crippen LogP contribution in [0.25, 0.3) is 0 Å². The second kappa shape index (κ2) is 4.62. The summed E-state index contributed by atoms with van der Waals surface area (Å²) in [6.07, 6.45) is 2.40. The van der Waals surface area contributed by atoms with Crippen LogP contribution in [0.3, 0.4) is 0 Å². The molecule has 1 fully saturated rings. The molecular formula is C12H19N3. The average Bonchev–Trinajstić information content (AvgIpc) is 2.29. The van der Waals surface area contributed by atoms with Gasteiger partial charge in [-0.3, -0.25) is 0 Å². The monoisotopic (exact) mass is 205 g/mol. The third-order valence-electron chi connectivity index (χ3n) is 3.15. The lowest BCUT2D eigenvalue weighted by molar-refractivity contribution is 0.413. The zero-order valence-corrected chi connectivity index (χ0v) is 9.32. The molecule has 1 aromatic heterocycles. The Morgan fingerprint density at radius 3 is 2.73 bits per heavy atom. The number of nitrogens with two attached hydrogens (primary N) is 1. The molecule has 0 atom stereocenters. The molecule has 0 bridgehead atoms. The minimum Gasteiger partial charge on any atom is -0.357 e. The standard InChI is InChI=1S/C12H19N3/c1-10-3-2-4-12(14-10)15-7-5-11(9-13)6-8-15/h2-4,11H,5-9,13H2,1H3. The Bertz CT molecular complexity index is 316. The second-order valence-corrected chi connectivity index (χ2v) is 4.30. The van der Waals surface area contributed by atoms with Crippen molar-refractivity contribution in [3.63, 3.8) is 0 Å². The van der Waals surface area contributed by atoms with Gasteiger partial charge in [-0.05, 0) is 44.4 Å². The van der Waals surface area contributed by atoms with Crippen LogP contribution in [0.15, 0.2) is 18.2 Å². The van der Waals surface area contributed by atoms with Gasteiger partial charge in [-0.25, -0.2) is 4.98 Å². The van der Waals surface area contributed by atoms with Crippen molar-refractivity contribution in [3.8, 4) is 0 Å². The van der Waals surface area contributed by atoms with Crippen LogP contribution in [0.1, 0.15) is 18.5 Å². The van der Waals surface area contributed by atoms with E-state index in [1.807, 2.05) is 13.0 Å². The Hall–Kier alpha value is -1.09.